The van der Waals surface area contributed by atoms with Crippen molar-refractivity contribution in [3.8, 4) is 5.75 Å². The third kappa shape index (κ3) is 3.01. The van der Waals surface area contributed by atoms with Crippen LogP contribution in [0.1, 0.15) is 35.2 Å². The average Bonchev–Trinajstić information content (AvgIpc) is 3.35. The number of carboxylic acids is 1. The molecule has 1 amide bonds. The summed E-state index contributed by atoms with van der Waals surface area (Å²) in [5.74, 6) is 1.000. The van der Waals surface area contributed by atoms with Crippen molar-refractivity contribution in [2.24, 2.45) is 17.8 Å². The third-order valence-corrected chi connectivity index (χ3v) is 4.37. The molecule has 2 aliphatic rings. The third-order valence-electron chi connectivity index (χ3n) is 4.37. The molecule has 2 aliphatic carbocycles. The summed E-state index contributed by atoms with van der Waals surface area (Å²) in [7, 11) is 1.44. The van der Waals surface area contributed by atoms with E-state index in [1.165, 1.54) is 26.0 Å². The van der Waals surface area contributed by atoms with Crippen molar-refractivity contribution in [2.45, 2.75) is 25.8 Å². The van der Waals surface area contributed by atoms with Crippen LogP contribution in [-0.2, 0) is 11.3 Å². The lowest BCUT2D eigenvalue weighted by Crippen LogP contribution is -2.25. The first-order valence-corrected chi connectivity index (χ1v) is 7.28. The predicted octanol–water partition coefficient (Wildman–Crippen LogP) is 2.06. The van der Waals surface area contributed by atoms with Crippen molar-refractivity contribution >= 4 is 11.9 Å². The van der Waals surface area contributed by atoms with Gasteiger partial charge in [0.05, 0.1) is 7.11 Å². The molecule has 0 aliphatic heterocycles. The first-order chi connectivity index (χ1) is 10.1. The number of carbonyl (C=O) groups is 2. The number of aromatic carboxylic acids is 1. The van der Waals surface area contributed by atoms with Gasteiger partial charge in [0.15, 0.2) is 0 Å². The molecular formula is C16H19NO4. The highest BCUT2D eigenvalue weighted by Crippen LogP contribution is 2.54. The molecule has 2 atom stereocenters. The van der Waals surface area contributed by atoms with Gasteiger partial charge in [-0.05, 0) is 48.8 Å². The summed E-state index contributed by atoms with van der Waals surface area (Å²) in [6.07, 6.45) is 3.59. The van der Waals surface area contributed by atoms with Crippen molar-refractivity contribution in [2.75, 3.05) is 7.11 Å². The lowest BCUT2D eigenvalue weighted by Gasteiger charge is -2.09. The molecule has 0 aromatic heterocycles. The lowest BCUT2D eigenvalue weighted by molar-refractivity contribution is -0.122. The fourth-order valence-electron chi connectivity index (χ4n) is 2.90. The van der Waals surface area contributed by atoms with Gasteiger partial charge in [-0.15, -0.1) is 0 Å². The summed E-state index contributed by atoms with van der Waals surface area (Å²) in [6.45, 7) is 0.406. The molecule has 5 nitrogen and oxygen atoms in total. The number of hydrogen-bond donors (Lipinski definition) is 2. The fourth-order valence-corrected chi connectivity index (χ4v) is 2.90. The number of methoxy groups -OCH3 is 1. The van der Waals surface area contributed by atoms with E-state index in [0.29, 0.717) is 18.2 Å². The Morgan fingerprint density at radius 1 is 1.38 bits per heavy atom. The molecule has 3 rings (SSSR count). The van der Waals surface area contributed by atoms with Gasteiger partial charge in [0.25, 0.3) is 0 Å². The van der Waals surface area contributed by atoms with Gasteiger partial charge in [-0.3, -0.25) is 4.79 Å². The molecule has 0 saturated heterocycles. The maximum Gasteiger partial charge on any atom is 0.339 e. The maximum atomic E-state index is 12.0. The van der Waals surface area contributed by atoms with E-state index in [0.717, 1.165) is 17.9 Å². The van der Waals surface area contributed by atoms with Crippen molar-refractivity contribution in [1.82, 2.24) is 5.32 Å². The van der Waals surface area contributed by atoms with Crippen molar-refractivity contribution in [3.63, 3.8) is 0 Å². The minimum Gasteiger partial charge on any atom is -0.496 e. The smallest absolute Gasteiger partial charge is 0.339 e. The zero-order chi connectivity index (χ0) is 15.0. The Kier molecular flexibility index (Phi) is 3.57. The van der Waals surface area contributed by atoms with Crippen LogP contribution < -0.4 is 10.1 Å². The zero-order valence-electron chi connectivity index (χ0n) is 12.0. The molecular weight excluding hydrogens is 270 g/mol. The van der Waals surface area contributed by atoms with Gasteiger partial charge in [0, 0.05) is 12.5 Å². The van der Waals surface area contributed by atoms with Crippen LogP contribution in [0.25, 0.3) is 0 Å². The number of hydrogen-bond acceptors (Lipinski definition) is 3. The van der Waals surface area contributed by atoms with Crippen LogP contribution >= 0.6 is 0 Å². The van der Waals surface area contributed by atoms with Gasteiger partial charge in [-0.25, -0.2) is 4.79 Å². The molecule has 1 aromatic carbocycles. The monoisotopic (exact) mass is 289 g/mol. The van der Waals surface area contributed by atoms with Crippen LogP contribution in [0, 0.1) is 17.8 Å². The second-order valence-electron chi connectivity index (χ2n) is 5.90. The number of rotatable bonds is 6. The summed E-state index contributed by atoms with van der Waals surface area (Å²) < 4.78 is 5.08. The van der Waals surface area contributed by atoms with Gasteiger partial charge in [-0.2, -0.15) is 0 Å². The molecule has 21 heavy (non-hydrogen) atoms. The second kappa shape index (κ2) is 5.39. The Bertz CT molecular complexity index is 580. The van der Waals surface area contributed by atoms with Gasteiger partial charge in [0.2, 0.25) is 5.91 Å². The minimum absolute atomic E-state index is 0.119. The Hall–Kier alpha value is -2.04. The van der Waals surface area contributed by atoms with Crippen LogP contribution in [0.2, 0.25) is 0 Å². The number of carboxylic acid groups (broad SMARTS) is 1. The van der Waals surface area contributed by atoms with Gasteiger partial charge in [0.1, 0.15) is 11.3 Å². The molecule has 0 spiro atoms. The summed E-state index contributed by atoms with van der Waals surface area (Å²) >= 11 is 0. The summed E-state index contributed by atoms with van der Waals surface area (Å²) in [5, 5.41) is 12.0. The lowest BCUT2D eigenvalue weighted by atomic mass is 10.1. The highest BCUT2D eigenvalue weighted by atomic mass is 16.5. The van der Waals surface area contributed by atoms with Crippen molar-refractivity contribution < 1.29 is 19.4 Å². The van der Waals surface area contributed by atoms with Crippen molar-refractivity contribution in [3.05, 3.63) is 29.3 Å². The molecule has 2 unspecified atom stereocenters. The van der Waals surface area contributed by atoms with Gasteiger partial charge in [-0.1, -0.05) is 6.07 Å². The molecule has 112 valence electrons. The number of carbonyl (C=O) groups excluding carboxylic acids is 1. The Morgan fingerprint density at radius 2 is 2.14 bits per heavy atom. The zero-order valence-corrected chi connectivity index (χ0v) is 12.0. The highest BCUT2D eigenvalue weighted by molar-refractivity contribution is 5.91. The van der Waals surface area contributed by atoms with E-state index in [2.05, 4.69) is 5.32 Å². The molecule has 0 radical (unpaired) electrons. The highest BCUT2D eigenvalue weighted by Gasteiger charge is 2.50. The van der Waals surface area contributed by atoms with Crippen molar-refractivity contribution in [1.29, 1.82) is 0 Å². The number of benzene rings is 1. The van der Waals surface area contributed by atoms with E-state index >= 15 is 0 Å². The number of ether oxygens (including phenoxy) is 1. The molecule has 0 heterocycles. The van der Waals surface area contributed by atoms with Crippen LogP contribution in [-0.4, -0.2) is 24.1 Å². The van der Waals surface area contributed by atoms with Crippen LogP contribution in [0.15, 0.2) is 18.2 Å². The quantitative estimate of drug-likeness (QED) is 0.840. The number of nitrogens with one attached hydrogen (secondary N) is 1. The average molecular weight is 289 g/mol. The van der Waals surface area contributed by atoms with Crippen LogP contribution in [0.3, 0.4) is 0 Å². The summed E-state index contributed by atoms with van der Waals surface area (Å²) in [4.78, 5) is 23.0. The Labute approximate surface area is 123 Å². The first kappa shape index (κ1) is 13.9. The van der Waals surface area contributed by atoms with Crippen LogP contribution in [0.5, 0.6) is 5.75 Å². The normalized spacial score (nSPS) is 23.5. The maximum absolute atomic E-state index is 12.0. The molecule has 0 bridgehead atoms. The van der Waals surface area contributed by atoms with Gasteiger partial charge >= 0.3 is 5.97 Å². The van der Waals surface area contributed by atoms with E-state index in [1.807, 2.05) is 0 Å². The fraction of sp³-hybridized carbons (Fsp3) is 0.500. The molecule has 2 saturated carbocycles. The largest absolute Gasteiger partial charge is 0.496 e. The topological polar surface area (TPSA) is 75.6 Å². The SMILES string of the molecule is COc1cc(CNC(=O)C2CC2C2CC2)ccc1C(=O)O. The first-order valence-electron chi connectivity index (χ1n) is 7.28. The van der Waals surface area contributed by atoms with E-state index in [1.54, 1.807) is 12.1 Å². The second-order valence-corrected chi connectivity index (χ2v) is 5.90. The van der Waals surface area contributed by atoms with Gasteiger partial charge < -0.3 is 15.2 Å². The van der Waals surface area contributed by atoms with Crippen LogP contribution in [0.4, 0.5) is 0 Å². The van der Waals surface area contributed by atoms with E-state index in [4.69, 9.17) is 9.84 Å². The Morgan fingerprint density at radius 3 is 2.76 bits per heavy atom. The standard InChI is InChI=1S/C16H19NO4/c1-21-14-6-9(2-5-11(14)16(19)20)8-17-15(18)13-7-12(13)10-3-4-10/h2,5-6,10,12-13H,3-4,7-8H2,1H3,(H,17,18)(H,19,20). The molecule has 2 N–H and O–H groups in total. The van der Waals surface area contributed by atoms with E-state index in [9.17, 15) is 9.59 Å². The predicted molar refractivity (Wildman–Crippen MR) is 76.1 cm³/mol. The Balaban J connectivity index is 1.57. The number of amides is 1. The van der Waals surface area contributed by atoms with E-state index < -0.39 is 5.97 Å². The molecule has 1 aromatic rings. The summed E-state index contributed by atoms with van der Waals surface area (Å²) in [6, 6.07) is 4.87. The summed E-state index contributed by atoms with van der Waals surface area (Å²) in [5.41, 5.74) is 0.970. The molecule has 2 fully saturated rings. The molecule has 5 heteroatoms. The minimum atomic E-state index is -1.02. The van der Waals surface area contributed by atoms with E-state index in [-0.39, 0.29) is 17.4 Å².